The zero-order valence-electron chi connectivity index (χ0n) is 17.7. The number of rotatable bonds is 10. The van der Waals surface area contributed by atoms with Gasteiger partial charge in [-0.15, -0.1) is 0 Å². The van der Waals surface area contributed by atoms with Gasteiger partial charge in [-0.3, -0.25) is 4.68 Å². The third-order valence-electron chi connectivity index (χ3n) is 4.46. The molecular weight excluding hydrogens is 415 g/mol. The van der Waals surface area contributed by atoms with Crippen molar-refractivity contribution in [2.75, 3.05) is 25.1 Å². The molecule has 0 aliphatic heterocycles. The van der Waals surface area contributed by atoms with Crippen molar-refractivity contribution in [3.63, 3.8) is 0 Å². The van der Waals surface area contributed by atoms with Crippen LogP contribution in [0.4, 0.5) is 10.1 Å². The van der Waals surface area contributed by atoms with Crippen LogP contribution in [-0.2, 0) is 13.0 Å². The van der Waals surface area contributed by atoms with Gasteiger partial charge in [-0.1, -0.05) is 18.2 Å². The smallest absolute Gasteiger partial charge is 0.170 e. The first kappa shape index (κ1) is 22.6. The van der Waals surface area contributed by atoms with E-state index in [2.05, 4.69) is 15.7 Å². The largest absolute Gasteiger partial charge is 0.490 e. The SMILES string of the molecule is CCOc1ccc(CCNC(=S)Nc2cnn(Cc3ccc(F)cc3)c2)cc1OCC. The Morgan fingerprint density at radius 3 is 2.48 bits per heavy atom. The maximum atomic E-state index is 13.0. The maximum Gasteiger partial charge on any atom is 0.170 e. The first-order chi connectivity index (χ1) is 15.1. The molecule has 0 saturated carbocycles. The lowest BCUT2D eigenvalue weighted by molar-refractivity contribution is 0.287. The summed E-state index contributed by atoms with van der Waals surface area (Å²) in [6.45, 7) is 6.33. The molecule has 0 aliphatic rings. The molecular formula is C23H27FN4O2S. The van der Waals surface area contributed by atoms with Gasteiger partial charge in [-0.2, -0.15) is 5.10 Å². The molecule has 1 heterocycles. The van der Waals surface area contributed by atoms with Crippen LogP contribution in [-0.4, -0.2) is 34.7 Å². The number of hydrogen-bond acceptors (Lipinski definition) is 4. The number of aromatic nitrogens is 2. The van der Waals surface area contributed by atoms with E-state index in [-0.39, 0.29) is 5.82 Å². The highest BCUT2D eigenvalue weighted by atomic mass is 32.1. The van der Waals surface area contributed by atoms with Gasteiger partial charge in [0.25, 0.3) is 0 Å². The van der Waals surface area contributed by atoms with Crippen LogP contribution >= 0.6 is 12.2 Å². The summed E-state index contributed by atoms with van der Waals surface area (Å²) in [4.78, 5) is 0. The second-order valence-electron chi connectivity index (χ2n) is 6.83. The van der Waals surface area contributed by atoms with Gasteiger partial charge in [-0.05, 0) is 67.9 Å². The molecule has 8 heteroatoms. The molecule has 0 amide bonds. The van der Waals surface area contributed by atoms with Crippen molar-refractivity contribution >= 4 is 23.0 Å². The fourth-order valence-electron chi connectivity index (χ4n) is 3.04. The Hall–Kier alpha value is -3.13. The lowest BCUT2D eigenvalue weighted by atomic mass is 10.1. The third-order valence-corrected chi connectivity index (χ3v) is 4.70. The van der Waals surface area contributed by atoms with E-state index in [0.29, 0.717) is 31.4 Å². The van der Waals surface area contributed by atoms with Crippen molar-refractivity contribution in [3.8, 4) is 11.5 Å². The highest BCUT2D eigenvalue weighted by Gasteiger charge is 2.07. The molecule has 0 bridgehead atoms. The van der Waals surface area contributed by atoms with E-state index in [1.165, 1.54) is 12.1 Å². The maximum absolute atomic E-state index is 13.0. The Labute approximate surface area is 187 Å². The number of anilines is 1. The van der Waals surface area contributed by atoms with Gasteiger partial charge >= 0.3 is 0 Å². The Morgan fingerprint density at radius 2 is 1.74 bits per heavy atom. The van der Waals surface area contributed by atoms with Gasteiger partial charge in [-0.25, -0.2) is 4.39 Å². The standard InChI is InChI=1S/C23H27FN4O2S/c1-3-29-21-10-7-17(13-22(21)30-4-2)11-12-25-23(31)27-20-14-26-28(16-20)15-18-5-8-19(24)9-6-18/h5-10,13-14,16H,3-4,11-12,15H2,1-2H3,(H2,25,27,31). The van der Waals surface area contributed by atoms with Crippen LogP contribution in [0.2, 0.25) is 0 Å². The summed E-state index contributed by atoms with van der Waals surface area (Å²) >= 11 is 5.38. The number of benzene rings is 2. The van der Waals surface area contributed by atoms with E-state index in [4.69, 9.17) is 21.7 Å². The summed E-state index contributed by atoms with van der Waals surface area (Å²) in [6.07, 6.45) is 4.36. The molecule has 0 unspecified atom stereocenters. The number of halogens is 1. The summed E-state index contributed by atoms with van der Waals surface area (Å²) < 4.78 is 26.1. The second kappa shape index (κ2) is 11.3. The average Bonchev–Trinajstić information content (AvgIpc) is 3.18. The first-order valence-electron chi connectivity index (χ1n) is 10.3. The lowest BCUT2D eigenvalue weighted by Crippen LogP contribution is -2.30. The van der Waals surface area contributed by atoms with Crippen molar-refractivity contribution in [1.82, 2.24) is 15.1 Å². The van der Waals surface area contributed by atoms with Crippen LogP contribution in [0.3, 0.4) is 0 Å². The van der Waals surface area contributed by atoms with Crippen LogP contribution < -0.4 is 20.1 Å². The molecule has 1 aromatic heterocycles. The van der Waals surface area contributed by atoms with Crippen molar-refractivity contribution in [2.45, 2.75) is 26.8 Å². The topological polar surface area (TPSA) is 60.3 Å². The average molecular weight is 443 g/mol. The Morgan fingerprint density at radius 1 is 1.03 bits per heavy atom. The van der Waals surface area contributed by atoms with Gasteiger partial charge in [0, 0.05) is 12.7 Å². The monoisotopic (exact) mass is 442 g/mol. The van der Waals surface area contributed by atoms with E-state index in [1.807, 2.05) is 38.2 Å². The lowest BCUT2D eigenvalue weighted by Gasteiger charge is -2.13. The quantitative estimate of drug-likeness (QED) is 0.454. The molecule has 0 spiro atoms. The van der Waals surface area contributed by atoms with E-state index < -0.39 is 0 Å². The molecule has 0 saturated heterocycles. The highest BCUT2D eigenvalue weighted by molar-refractivity contribution is 7.80. The minimum atomic E-state index is -0.248. The molecule has 0 aliphatic carbocycles. The fraction of sp³-hybridized carbons (Fsp3) is 0.304. The van der Waals surface area contributed by atoms with Crippen molar-refractivity contribution in [1.29, 1.82) is 0 Å². The molecule has 3 rings (SSSR count). The van der Waals surface area contributed by atoms with Crippen molar-refractivity contribution in [3.05, 3.63) is 71.8 Å². The molecule has 2 aromatic carbocycles. The summed E-state index contributed by atoms with van der Waals surface area (Å²) in [6, 6.07) is 12.4. The Bertz CT molecular complexity index is 991. The molecule has 3 aromatic rings. The minimum Gasteiger partial charge on any atom is -0.490 e. The zero-order chi connectivity index (χ0) is 22.1. The minimum absolute atomic E-state index is 0.248. The van der Waals surface area contributed by atoms with Crippen LogP contribution in [0, 0.1) is 5.82 Å². The molecule has 164 valence electrons. The van der Waals surface area contributed by atoms with Crippen molar-refractivity contribution < 1.29 is 13.9 Å². The molecule has 0 radical (unpaired) electrons. The predicted octanol–water partition coefficient (Wildman–Crippen LogP) is 4.40. The highest BCUT2D eigenvalue weighted by Crippen LogP contribution is 2.28. The van der Waals surface area contributed by atoms with E-state index >= 15 is 0 Å². The molecule has 31 heavy (non-hydrogen) atoms. The van der Waals surface area contributed by atoms with E-state index in [0.717, 1.165) is 34.7 Å². The van der Waals surface area contributed by atoms with Crippen LogP contribution in [0.1, 0.15) is 25.0 Å². The molecule has 2 N–H and O–H groups in total. The van der Waals surface area contributed by atoms with E-state index in [1.54, 1.807) is 23.0 Å². The zero-order valence-corrected chi connectivity index (χ0v) is 18.5. The molecule has 6 nitrogen and oxygen atoms in total. The Balaban J connectivity index is 1.47. The second-order valence-corrected chi connectivity index (χ2v) is 7.24. The summed E-state index contributed by atoms with van der Waals surface area (Å²) in [5.41, 5.74) is 2.90. The van der Waals surface area contributed by atoms with Gasteiger partial charge in [0.1, 0.15) is 5.82 Å². The van der Waals surface area contributed by atoms with Crippen LogP contribution in [0.15, 0.2) is 54.9 Å². The molecule has 0 atom stereocenters. The first-order valence-corrected chi connectivity index (χ1v) is 10.7. The summed E-state index contributed by atoms with van der Waals surface area (Å²) in [7, 11) is 0. The number of thiocarbonyl (C=S) groups is 1. The number of hydrogen-bond donors (Lipinski definition) is 2. The summed E-state index contributed by atoms with van der Waals surface area (Å²) in [5, 5.41) is 11.2. The fourth-order valence-corrected chi connectivity index (χ4v) is 3.26. The van der Waals surface area contributed by atoms with Crippen molar-refractivity contribution in [2.24, 2.45) is 0 Å². The van der Waals surface area contributed by atoms with E-state index in [9.17, 15) is 4.39 Å². The van der Waals surface area contributed by atoms with Crippen LogP contribution in [0.5, 0.6) is 11.5 Å². The number of nitrogens with one attached hydrogen (secondary N) is 2. The third kappa shape index (κ3) is 6.96. The van der Waals surface area contributed by atoms with Gasteiger partial charge in [0.05, 0.1) is 31.6 Å². The normalized spacial score (nSPS) is 10.5. The van der Waals surface area contributed by atoms with Gasteiger partial charge in [0.2, 0.25) is 0 Å². The van der Waals surface area contributed by atoms with Crippen LogP contribution in [0.25, 0.3) is 0 Å². The van der Waals surface area contributed by atoms with Gasteiger partial charge < -0.3 is 20.1 Å². The molecule has 0 fully saturated rings. The number of ether oxygens (including phenoxy) is 2. The Kier molecular flexibility index (Phi) is 8.23. The van der Waals surface area contributed by atoms with Gasteiger partial charge in [0.15, 0.2) is 16.6 Å². The predicted molar refractivity (Wildman–Crippen MR) is 124 cm³/mol. The summed E-state index contributed by atoms with van der Waals surface area (Å²) in [5.74, 6) is 1.27. The number of nitrogens with zero attached hydrogens (tertiary/aromatic N) is 2.